The fourth-order valence-corrected chi connectivity index (χ4v) is 2.56. The van der Waals surface area contributed by atoms with E-state index in [0.717, 1.165) is 11.1 Å². The molecule has 0 aromatic heterocycles. The van der Waals surface area contributed by atoms with Crippen LogP contribution in [0.4, 0.5) is 5.69 Å². The Labute approximate surface area is 128 Å². The predicted molar refractivity (Wildman–Crippen MR) is 84.5 cm³/mol. The first-order valence-corrected chi connectivity index (χ1v) is 6.99. The molecular weight excluding hydrogens is 278 g/mol. The minimum Gasteiger partial charge on any atom is -0.377 e. The summed E-state index contributed by atoms with van der Waals surface area (Å²) in [6.07, 6.45) is 7.34. The second kappa shape index (κ2) is 5.58. The van der Waals surface area contributed by atoms with Crippen molar-refractivity contribution in [2.24, 2.45) is 0 Å². The third-order valence-corrected chi connectivity index (χ3v) is 3.84. The molecule has 4 heteroatoms. The number of non-ortho nitro benzene ring substituents is 1. The molecule has 2 aromatic rings. The van der Waals surface area contributed by atoms with E-state index in [1.807, 2.05) is 42.5 Å². The monoisotopic (exact) mass is 293 g/mol. The number of aliphatic hydroxyl groups is 1. The SMILES string of the molecule is O=[N+]([O-])c1ccc(C2C=CC(O)(c3ccccc3)C=C2)cc1. The molecule has 0 fully saturated rings. The number of nitro groups is 1. The highest BCUT2D eigenvalue weighted by atomic mass is 16.6. The van der Waals surface area contributed by atoms with Gasteiger partial charge in [0, 0.05) is 18.1 Å². The van der Waals surface area contributed by atoms with E-state index in [0.29, 0.717) is 0 Å². The van der Waals surface area contributed by atoms with Crippen LogP contribution in [0.1, 0.15) is 17.0 Å². The minimum absolute atomic E-state index is 0.00444. The van der Waals surface area contributed by atoms with Gasteiger partial charge in [0.25, 0.3) is 5.69 Å². The van der Waals surface area contributed by atoms with E-state index in [1.54, 1.807) is 24.3 Å². The van der Waals surface area contributed by atoms with Crippen molar-refractivity contribution in [2.75, 3.05) is 0 Å². The van der Waals surface area contributed by atoms with E-state index in [1.165, 1.54) is 12.1 Å². The molecule has 0 spiro atoms. The molecule has 2 aromatic carbocycles. The fourth-order valence-electron chi connectivity index (χ4n) is 2.56. The third kappa shape index (κ3) is 2.69. The molecule has 0 saturated carbocycles. The highest BCUT2D eigenvalue weighted by Crippen LogP contribution is 2.33. The number of allylic oxidation sites excluding steroid dienone is 2. The van der Waals surface area contributed by atoms with Gasteiger partial charge in [0.2, 0.25) is 0 Å². The highest BCUT2D eigenvalue weighted by molar-refractivity contribution is 5.43. The van der Waals surface area contributed by atoms with Crippen LogP contribution in [0, 0.1) is 10.1 Å². The summed E-state index contributed by atoms with van der Waals surface area (Å²) in [5.74, 6) is 0.00444. The average Bonchev–Trinajstić information content (AvgIpc) is 2.56. The standard InChI is InChI=1S/C18H15NO3/c20-18(16-4-2-1-3-5-16)12-10-15(11-13-18)14-6-8-17(9-7-14)19(21)22/h1-13,15,20H. The number of nitro benzene ring substituents is 1. The van der Waals surface area contributed by atoms with E-state index < -0.39 is 10.5 Å². The lowest BCUT2D eigenvalue weighted by atomic mass is 9.84. The van der Waals surface area contributed by atoms with Crippen molar-refractivity contribution in [3.8, 4) is 0 Å². The van der Waals surface area contributed by atoms with E-state index in [9.17, 15) is 15.2 Å². The van der Waals surface area contributed by atoms with Gasteiger partial charge in [-0.05, 0) is 23.3 Å². The maximum atomic E-state index is 10.7. The van der Waals surface area contributed by atoms with Gasteiger partial charge in [-0.25, -0.2) is 0 Å². The van der Waals surface area contributed by atoms with Crippen LogP contribution >= 0.6 is 0 Å². The Bertz CT molecular complexity index is 719. The Balaban J connectivity index is 1.82. The van der Waals surface area contributed by atoms with Crippen molar-refractivity contribution < 1.29 is 10.0 Å². The van der Waals surface area contributed by atoms with Crippen molar-refractivity contribution in [1.29, 1.82) is 0 Å². The molecule has 0 amide bonds. The predicted octanol–water partition coefficient (Wildman–Crippen LogP) is 3.69. The van der Waals surface area contributed by atoms with Gasteiger partial charge in [0.15, 0.2) is 0 Å². The summed E-state index contributed by atoms with van der Waals surface area (Å²) in [6, 6.07) is 15.9. The van der Waals surface area contributed by atoms with Crippen LogP contribution in [0.15, 0.2) is 78.9 Å². The van der Waals surface area contributed by atoms with Gasteiger partial charge in [-0.1, -0.05) is 54.6 Å². The molecule has 110 valence electrons. The van der Waals surface area contributed by atoms with Crippen molar-refractivity contribution in [1.82, 2.24) is 0 Å². The van der Waals surface area contributed by atoms with Gasteiger partial charge in [0.1, 0.15) is 5.60 Å². The van der Waals surface area contributed by atoms with Crippen molar-refractivity contribution in [2.45, 2.75) is 11.5 Å². The Morgan fingerprint density at radius 3 is 2.09 bits per heavy atom. The summed E-state index contributed by atoms with van der Waals surface area (Å²) in [5, 5.41) is 21.3. The molecule has 0 unspecified atom stereocenters. The van der Waals surface area contributed by atoms with Crippen LogP contribution in [-0.2, 0) is 5.60 Å². The van der Waals surface area contributed by atoms with Gasteiger partial charge < -0.3 is 5.11 Å². The number of benzene rings is 2. The van der Waals surface area contributed by atoms with E-state index >= 15 is 0 Å². The van der Waals surface area contributed by atoms with Gasteiger partial charge >= 0.3 is 0 Å². The summed E-state index contributed by atoms with van der Waals surface area (Å²) in [5.41, 5.74) is 0.740. The number of hydrogen-bond donors (Lipinski definition) is 1. The van der Waals surface area contributed by atoms with E-state index in [2.05, 4.69) is 0 Å². The number of hydrogen-bond acceptors (Lipinski definition) is 3. The second-order valence-electron chi connectivity index (χ2n) is 5.28. The van der Waals surface area contributed by atoms with Gasteiger partial charge in [-0.2, -0.15) is 0 Å². The van der Waals surface area contributed by atoms with Crippen molar-refractivity contribution >= 4 is 5.69 Å². The fraction of sp³-hybridized carbons (Fsp3) is 0.111. The Morgan fingerprint density at radius 2 is 1.55 bits per heavy atom. The quantitative estimate of drug-likeness (QED) is 0.533. The molecule has 0 saturated heterocycles. The molecule has 0 radical (unpaired) electrons. The first-order valence-electron chi connectivity index (χ1n) is 6.99. The van der Waals surface area contributed by atoms with Crippen LogP contribution in [0.5, 0.6) is 0 Å². The molecule has 1 N–H and O–H groups in total. The normalized spacial score (nSPS) is 23.4. The zero-order chi connectivity index (χ0) is 15.6. The Kier molecular flexibility index (Phi) is 3.61. The van der Waals surface area contributed by atoms with Gasteiger partial charge in [0.05, 0.1) is 4.92 Å². The first-order chi connectivity index (χ1) is 10.6. The molecule has 1 aliphatic rings. The molecular formula is C18H15NO3. The summed E-state index contributed by atoms with van der Waals surface area (Å²) in [6.45, 7) is 0. The lowest BCUT2D eigenvalue weighted by Crippen LogP contribution is -2.22. The molecule has 0 atom stereocenters. The summed E-state index contributed by atoms with van der Waals surface area (Å²) >= 11 is 0. The lowest BCUT2D eigenvalue weighted by molar-refractivity contribution is -0.384. The second-order valence-corrected chi connectivity index (χ2v) is 5.28. The average molecular weight is 293 g/mol. The minimum atomic E-state index is -1.10. The molecule has 0 bridgehead atoms. The maximum Gasteiger partial charge on any atom is 0.269 e. The van der Waals surface area contributed by atoms with Crippen LogP contribution < -0.4 is 0 Å². The first kappa shape index (κ1) is 14.2. The lowest BCUT2D eigenvalue weighted by Gasteiger charge is -2.26. The van der Waals surface area contributed by atoms with Crippen LogP contribution in [-0.4, -0.2) is 10.0 Å². The van der Waals surface area contributed by atoms with Crippen molar-refractivity contribution in [3.05, 3.63) is 100 Å². The van der Waals surface area contributed by atoms with E-state index in [-0.39, 0.29) is 11.6 Å². The van der Waals surface area contributed by atoms with Crippen LogP contribution in [0.2, 0.25) is 0 Å². The van der Waals surface area contributed by atoms with Gasteiger partial charge in [-0.3, -0.25) is 10.1 Å². The molecule has 22 heavy (non-hydrogen) atoms. The summed E-state index contributed by atoms with van der Waals surface area (Å²) in [7, 11) is 0. The molecule has 0 aliphatic heterocycles. The zero-order valence-corrected chi connectivity index (χ0v) is 11.8. The molecule has 1 aliphatic carbocycles. The molecule has 4 nitrogen and oxygen atoms in total. The van der Waals surface area contributed by atoms with E-state index in [4.69, 9.17) is 0 Å². The summed E-state index contributed by atoms with van der Waals surface area (Å²) < 4.78 is 0. The maximum absolute atomic E-state index is 10.7. The number of rotatable bonds is 3. The van der Waals surface area contributed by atoms with Gasteiger partial charge in [-0.15, -0.1) is 0 Å². The topological polar surface area (TPSA) is 63.4 Å². The molecule has 0 heterocycles. The number of nitrogens with zero attached hydrogens (tertiary/aromatic N) is 1. The Hall–Kier alpha value is -2.72. The van der Waals surface area contributed by atoms with Crippen molar-refractivity contribution in [3.63, 3.8) is 0 Å². The summed E-state index contributed by atoms with van der Waals surface area (Å²) in [4.78, 5) is 10.3. The zero-order valence-electron chi connectivity index (χ0n) is 11.8. The van der Waals surface area contributed by atoms with Crippen LogP contribution in [0.25, 0.3) is 0 Å². The third-order valence-electron chi connectivity index (χ3n) is 3.84. The van der Waals surface area contributed by atoms with Crippen LogP contribution in [0.3, 0.4) is 0 Å². The molecule has 3 rings (SSSR count). The smallest absolute Gasteiger partial charge is 0.269 e. The Morgan fingerprint density at radius 1 is 0.955 bits per heavy atom. The largest absolute Gasteiger partial charge is 0.377 e. The highest BCUT2D eigenvalue weighted by Gasteiger charge is 2.26.